The number of nitrogens with one attached hydrogen (secondary N) is 4. The van der Waals surface area contributed by atoms with Crippen LogP contribution in [-0.4, -0.2) is 65.0 Å². The van der Waals surface area contributed by atoms with Gasteiger partial charge in [0.05, 0.1) is 17.1 Å². The number of anilines is 4. The van der Waals surface area contributed by atoms with Crippen molar-refractivity contribution in [1.29, 1.82) is 0 Å². The summed E-state index contributed by atoms with van der Waals surface area (Å²) in [5.74, 6) is 0.341. The van der Waals surface area contributed by atoms with Gasteiger partial charge in [-0.05, 0) is 44.4 Å². The van der Waals surface area contributed by atoms with Crippen molar-refractivity contribution in [3.63, 3.8) is 0 Å². The van der Waals surface area contributed by atoms with Gasteiger partial charge in [-0.3, -0.25) is 4.79 Å². The second kappa shape index (κ2) is 9.71. The lowest BCUT2D eigenvalue weighted by Gasteiger charge is -2.24. The normalized spacial score (nSPS) is 11.4. The summed E-state index contributed by atoms with van der Waals surface area (Å²) >= 11 is 0. The molecule has 1 amide bonds. The summed E-state index contributed by atoms with van der Waals surface area (Å²) in [5, 5.41) is 8.34. The number of aromatic nitrogens is 4. The number of hydrogen-bond acceptors (Lipinski definition) is 6. The van der Waals surface area contributed by atoms with Crippen LogP contribution in [0.2, 0.25) is 0 Å². The fourth-order valence-corrected chi connectivity index (χ4v) is 4.31. The van der Waals surface area contributed by atoms with E-state index in [2.05, 4.69) is 41.5 Å². The van der Waals surface area contributed by atoms with Gasteiger partial charge in [-0.1, -0.05) is 18.2 Å². The predicted octanol–water partition coefficient (Wildman–Crippen LogP) is 4.81. The molecule has 184 valence electrons. The molecular weight excluding hydrogens is 452 g/mol. The molecule has 0 saturated heterocycles. The maximum atomic E-state index is 11.9. The molecule has 0 fully saturated rings. The lowest BCUT2D eigenvalue weighted by Crippen LogP contribution is -2.29. The van der Waals surface area contributed by atoms with E-state index in [4.69, 9.17) is 4.98 Å². The summed E-state index contributed by atoms with van der Waals surface area (Å²) in [4.78, 5) is 32.3. The van der Waals surface area contributed by atoms with Crippen LogP contribution in [0.1, 0.15) is 6.92 Å². The van der Waals surface area contributed by atoms with Crippen molar-refractivity contribution in [2.75, 3.05) is 49.8 Å². The summed E-state index contributed by atoms with van der Waals surface area (Å²) in [6, 6.07) is 16.0. The number of carbonyl (C=O) groups is 1. The third-order valence-corrected chi connectivity index (χ3v) is 6.12. The molecular formula is C27H30N8O. The van der Waals surface area contributed by atoms with Crippen molar-refractivity contribution in [3.8, 4) is 11.3 Å². The molecule has 5 aromatic rings. The Morgan fingerprint density at radius 1 is 0.972 bits per heavy atom. The highest BCUT2D eigenvalue weighted by molar-refractivity contribution is 6.02. The van der Waals surface area contributed by atoms with Gasteiger partial charge in [0, 0.05) is 67.0 Å². The fourth-order valence-electron chi connectivity index (χ4n) is 4.31. The van der Waals surface area contributed by atoms with Crippen LogP contribution >= 0.6 is 0 Å². The third-order valence-electron chi connectivity index (χ3n) is 6.12. The molecule has 0 spiro atoms. The van der Waals surface area contributed by atoms with Gasteiger partial charge in [0.25, 0.3) is 0 Å². The van der Waals surface area contributed by atoms with E-state index in [-0.39, 0.29) is 5.91 Å². The summed E-state index contributed by atoms with van der Waals surface area (Å²) in [7, 11) is 6.11. The van der Waals surface area contributed by atoms with Gasteiger partial charge in [-0.25, -0.2) is 4.98 Å². The number of rotatable bonds is 8. The minimum Gasteiger partial charge on any atom is -0.372 e. The molecule has 0 aliphatic carbocycles. The van der Waals surface area contributed by atoms with Gasteiger partial charge in [0.2, 0.25) is 11.9 Å². The van der Waals surface area contributed by atoms with E-state index in [1.54, 1.807) is 0 Å². The quantitative estimate of drug-likeness (QED) is 0.253. The summed E-state index contributed by atoms with van der Waals surface area (Å²) in [5.41, 5.74) is 6.09. The van der Waals surface area contributed by atoms with Crippen LogP contribution in [0.3, 0.4) is 0 Å². The topological polar surface area (TPSA) is 105 Å². The average molecular weight is 483 g/mol. The zero-order valence-electron chi connectivity index (χ0n) is 20.9. The smallest absolute Gasteiger partial charge is 0.229 e. The monoisotopic (exact) mass is 482 g/mol. The summed E-state index contributed by atoms with van der Waals surface area (Å²) in [6.45, 7) is 3.24. The van der Waals surface area contributed by atoms with E-state index < -0.39 is 0 Å². The van der Waals surface area contributed by atoms with Gasteiger partial charge < -0.3 is 30.4 Å². The van der Waals surface area contributed by atoms with Crippen LogP contribution in [0, 0.1) is 0 Å². The summed E-state index contributed by atoms with van der Waals surface area (Å²) in [6.07, 6.45) is 3.85. The number of carbonyl (C=O) groups excluding carboxylic acids is 1. The highest BCUT2D eigenvalue weighted by Gasteiger charge is 2.16. The number of aromatic amines is 2. The van der Waals surface area contributed by atoms with E-state index in [1.807, 2.05) is 76.0 Å². The molecule has 9 heteroatoms. The molecule has 2 aromatic carbocycles. The van der Waals surface area contributed by atoms with Crippen LogP contribution in [0.4, 0.5) is 23.0 Å². The Balaban J connectivity index is 1.51. The Morgan fingerprint density at radius 3 is 2.61 bits per heavy atom. The molecule has 0 atom stereocenters. The first-order valence-corrected chi connectivity index (χ1v) is 11.8. The molecule has 36 heavy (non-hydrogen) atoms. The standard InChI is InChI=1S/C27H30N8O/c1-17(36)30-23-15-18(9-10-24(23)35(4)14-13-34(2)3)31-27-32-25(20-11-12-28-26(20)33-27)21-16-29-22-8-6-5-7-19(21)22/h5-12,15-16,29H,13-14H2,1-4H3,(H,30,36)(H2,28,31,32,33). The molecule has 0 bridgehead atoms. The lowest BCUT2D eigenvalue weighted by molar-refractivity contribution is -0.114. The minimum atomic E-state index is -0.125. The molecule has 5 rings (SSSR count). The van der Waals surface area contributed by atoms with E-state index in [1.165, 1.54) is 6.92 Å². The molecule has 0 radical (unpaired) electrons. The molecule has 0 aliphatic heterocycles. The first kappa shape index (κ1) is 23.4. The molecule has 3 aromatic heterocycles. The first-order valence-electron chi connectivity index (χ1n) is 11.8. The van der Waals surface area contributed by atoms with Gasteiger partial charge in [0.1, 0.15) is 5.65 Å². The number of benzene rings is 2. The number of hydrogen-bond donors (Lipinski definition) is 4. The molecule has 3 heterocycles. The Bertz CT molecular complexity index is 1530. The van der Waals surface area contributed by atoms with E-state index in [0.717, 1.165) is 63.3 Å². The number of H-pyrrole nitrogens is 2. The van der Waals surface area contributed by atoms with Crippen molar-refractivity contribution in [2.45, 2.75) is 6.92 Å². The zero-order valence-corrected chi connectivity index (χ0v) is 20.9. The molecule has 0 saturated carbocycles. The second-order valence-electron chi connectivity index (χ2n) is 9.15. The van der Waals surface area contributed by atoms with Crippen molar-refractivity contribution >= 4 is 50.9 Å². The SMILES string of the molecule is CC(=O)Nc1cc(Nc2nc(-c3c[nH]c4ccccc34)c3cc[nH]c3n2)ccc1N(C)CCN(C)C. The lowest BCUT2D eigenvalue weighted by atomic mass is 10.1. The van der Waals surface area contributed by atoms with Gasteiger partial charge in [0.15, 0.2) is 0 Å². The van der Waals surface area contributed by atoms with Gasteiger partial charge in [-0.15, -0.1) is 0 Å². The Labute approximate surface area is 209 Å². The molecule has 9 nitrogen and oxygen atoms in total. The summed E-state index contributed by atoms with van der Waals surface area (Å²) < 4.78 is 0. The van der Waals surface area contributed by atoms with E-state index >= 15 is 0 Å². The largest absolute Gasteiger partial charge is 0.372 e. The Kier molecular flexibility index (Phi) is 6.30. The number of para-hydroxylation sites is 1. The van der Waals surface area contributed by atoms with Crippen LogP contribution in [0.25, 0.3) is 33.2 Å². The van der Waals surface area contributed by atoms with Crippen LogP contribution in [0.5, 0.6) is 0 Å². The third kappa shape index (κ3) is 4.73. The molecule has 0 unspecified atom stereocenters. The highest BCUT2D eigenvalue weighted by atomic mass is 16.1. The number of likely N-dealkylation sites (N-methyl/N-ethyl adjacent to an activating group) is 2. The fraction of sp³-hybridized carbons (Fsp3) is 0.222. The van der Waals surface area contributed by atoms with Crippen LogP contribution < -0.4 is 15.5 Å². The molecule has 0 aliphatic rings. The second-order valence-corrected chi connectivity index (χ2v) is 9.15. The van der Waals surface area contributed by atoms with Crippen molar-refractivity contribution < 1.29 is 4.79 Å². The molecule has 4 N–H and O–H groups in total. The van der Waals surface area contributed by atoms with Crippen LogP contribution in [-0.2, 0) is 4.79 Å². The van der Waals surface area contributed by atoms with Crippen molar-refractivity contribution in [1.82, 2.24) is 24.8 Å². The average Bonchev–Trinajstić information content (AvgIpc) is 3.49. The number of fused-ring (bicyclic) bond motifs is 2. The van der Waals surface area contributed by atoms with Gasteiger partial charge in [-0.2, -0.15) is 4.98 Å². The van der Waals surface area contributed by atoms with Crippen molar-refractivity contribution in [2.24, 2.45) is 0 Å². The van der Waals surface area contributed by atoms with Gasteiger partial charge >= 0.3 is 0 Å². The Hall–Kier alpha value is -4.37. The number of nitrogens with zero attached hydrogens (tertiary/aromatic N) is 4. The highest BCUT2D eigenvalue weighted by Crippen LogP contribution is 2.34. The van der Waals surface area contributed by atoms with Crippen molar-refractivity contribution in [3.05, 3.63) is 60.9 Å². The maximum absolute atomic E-state index is 11.9. The maximum Gasteiger partial charge on any atom is 0.229 e. The Morgan fingerprint density at radius 2 is 1.81 bits per heavy atom. The minimum absolute atomic E-state index is 0.125. The predicted molar refractivity (Wildman–Crippen MR) is 147 cm³/mol. The number of amides is 1. The van der Waals surface area contributed by atoms with E-state index in [9.17, 15) is 4.79 Å². The van der Waals surface area contributed by atoms with Crippen LogP contribution in [0.15, 0.2) is 60.9 Å². The van der Waals surface area contributed by atoms with E-state index in [0.29, 0.717) is 5.95 Å². The zero-order chi connectivity index (χ0) is 25.2. The first-order chi connectivity index (χ1) is 17.4.